The Kier molecular flexibility index (Phi) is 8.40. The SMILES string of the molecule is COCCN(CC(=O)Nc1cc(-c2ccccc2)nn1-c1ccc(F)cc1)C(=O)c1ccc(C(F)(F)F)cc1. The minimum Gasteiger partial charge on any atom is -0.383 e. The van der Waals surface area contributed by atoms with Crippen LogP contribution in [-0.4, -0.2) is 53.3 Å². The van der Waals surface area contributed by atoms with Gasteiger partial charge in [0.15, 0.2) is 0 Å². The van der Waals surface area contributed by atoms with Crippen LogP contribution in [0.25, 0.3) is 16.9 Å². The number of carbonyl (C=O) groups is 2. The lowest BCUT2D eigenvalue weighted by atomic mass is 10.1. The highest BCUT2D eigenvalue weighted by atomic mass is 19.4. The highest BCUT2D eigenvalue weighted by Crippen LogP contribution is 2.29. The van der Waals surface area contributed by atoms with E-state index >= 15 is 0 Å². The molecule has 11 heteroatoms. The van der Waals surface area contributed by atoms with Gasteiger partial charge in [0, 0.05) is 30.8 Å². The first kappa shape index (κ1) is 27.5. The summed E-state index contributed by atoms with van der Waals surface area (Å²) in [6.45, 7) is -0.278. The molecule has 0 aliphatic heterocycles. The van der Waals surface area contributed by atoms with Gasteiger partial charge in [0.25, 0.3) is 5.91 Å². The van der Waals surface area contributed by atoms with Crippen molar-refractivity contribution in [3.8, 4) is 16.9 Å². The normalized spacial score (nSPS) is 11.3. The van der Waals surface area contributed by atoms with Crippen LogP contribution in [0.1, 0.15) is 15.9 Å². The summed E-state index contributed by atoms with van der Waals surface area (Å²) in [5.74, 6) is -1.36. The van der Waals surface area contributed by atoms with Crippen molar-refractivity contribution in [2.45, 2.75) is 6.18 Å². The maximum absolute atomic E-state index is 13.5. The van der Waals surface area contributed by atoms with E-state index in [0.717, 1.165) is 29.8 Å². The highest BCUT2D eigenvalue weighted by Gasteiger charge is 2.30. The first-order valence-electron chi connectivity index (χ1n) is 11.8. The van der Waals surface area contributed by atoms with Crippen molar-refractivity contribution in [3.05, 3.63) is 102 Å². The van der Waals surface area contributed by atoms with E-state index in [1.54, 1.807) is 6.07 Å². The minimum atomic E-state index is -4.54. The molecule has 0 fully saturated rings. The lowest BCUT2D eigenvalue weighted by Gasteiger charge is -2.22. The van der Waals surface area contributed by atoms with Gasteiger partial charge < -0.3 is 15.0 Å². The second-order valence-corrected chi connectivity index (χ2v) is 8.51. The first-order chi connectivity index (χ1) is 18.7. The second kappa shape index (κ2) is 11.9. The van der Waals surface area contributed by atoms with Crippen molar-refractivity contribution >= 4 is 17.6 Å². The van der Waals surface area contributed by atoms with E-state index in [1.807, 2.05) is 30.3 Å². The molecule has 7 nitrogen and oxygen atoms in total. The molecule has 0 spiro atoms. The number of amides is 2. The third-order valence-electron chi connectivity index (χ3n) is 5.76. The molecule has 0 unspecified atom stereocenters. The Morgan fingerprint density at radius 1 is 0.974 bits per heavy atom. The number of aromatic nitrogens is 2. The molecule has 202 valence electrons. The number of ether oxygens (including phenoxy) is 1. The summed E-state index contributed by atoms with van der Waals surface area (Å²) < 4.78 is 58.8. The molecule has 0 saturated heterocycles. The van der Waals surface area contributed by atoms with Gasteiger partial charge in [0.2, 0.25) is 5.91 Å². The van der Waals surface area contributed by atoms with Crippen LogP contribution in [0, 0.1) is 5.82 Å². The summed E-state index contributed by atoms with van der Waals surface area (Å²) >= 11 is 0. The molecular formula is C28H24F4N4O3. The third kappa shape index (κ3) is 6.88. The van der Waals surface area contributed by atoms with Gasteiger partial charge >= 0.3 is 6.18 Å². The number of carbonyl (C=O) groups excluding carboxylic acids is 2. The molecular weight excluding hydrogens is 516 g/mol. The molecule has 2 amide bonds. The molecule has 1 N–H and O–H groups in total. The van der Waals surface area contributed by atoms with Gasteiger partial charge in [-0.05, 0) is 48.5 Å². The summed E-state index contributed by atoms with van der Waals surface area (Å²) in [6, 6.07) is 20.2. The highest BCUT2D eigenvalue weighted by molar-refractivity contribution is 5.99. The molecule has 1 heterocycles. The number of hydrogen-bond acceptors (Lipinski definition) is 4. The van der Waals surface area contributed by atoms with Gasteiger partial charge in [0.05, 0.1) is 23.6 Å². The molecule has 0 aliphatic rings. The maximum Gasteiger partial charge on any atom is 0.416 e. The zero-order chi connectivity index (χ0) is 28.0. The number of nitrogens with zero attached hydrogens (tertiary/aromatic N) is 3. The van der Waals surface area contributed by atoms with Crippen molar-refractivity contribution in [2.24, 2.45) is 0 Å². The monoisotopic (exact) mass is 540 g/mol. The largest absolute Gasteiger partial charge is 0.416 e. The number of hydrogen-bond donors (Lipinski definition) is 1. The molecule has 0 saturated carbocycles. The third-order valence-corrected chi connectivity index (χ3v) is 5.76. The topological polar surface area (TPSA) is 76.5 Å². The Morgan fingerprint density at radius 2 is 1.64 bits per heavy atom. The van der Waals surface area contributed by atoms with Crippen LogP contribution in [0.3, 0.4) is 0 Å². The molecule has 3 aromatic carbocycles. The van der Waals surface area contributed by atoms with Crippen LogP contribution >= 0.6 is 0 Å². The van der Waals surface area contributed by atoms with Gasteiger partial charge in [-0.15, -0.1) is 0 Å². The van der Waals surface area contributed by atoms with Crippen molar-refractivity contribution in [1.29, 1.82) is 0 Å². The van der Waals surface area contributed by atoms with Crippen LogP contribution in [0.2, 0.25) is 0 Å². The summed E-state index contributed by atoms with van der Waals surface area (Å²) in [4.78, 5) is 27.3. The first-order valence-corrected chi connectivity index (χ1v) is 11.8. The number of halogens is 4. The van der Waals surface area contributed by atoms with E-state index in [4.69, 9.17) is 4.74 Å². The molecule has 0 atom stereocenters. The maximum atomic E-state index is 13.5. The van der Waals surface area contributed by atoms with Crippen LogP contribution in [-0.2, 0) is 15.7 Å². The standard InChI is InChI=1S/C28H24F4N4O3/c1-39-16-15-35(27(38)20-7-9-21(10-8-20)28(30,31)32)18-26(37)33-25-17-24(19-5-3-2-4-6-19)34-36(25)23-13-11-22(29)12-14-23/h2-14,17H,15-16,18H2,1H3,(H,33,37). The van der Waals surface area contributed by atoms with Crippen molar-refractivity contribution in [1.82, 2.24) is 14.7 Å². The zero-order valence-corrected chi connectivity index (χ0v) is 20.8. The number of alkyl halides is 3. The predicted molar refractivity (Wildman–Crippen MR) is 137 cm³/mol. The average Bonchev–Trinajstić information content (AvgIpc) is 3.34. The van der Waals surface area contributed by atoms with Crippen LogP contribution in [0.15, 0.2) is 84.9 Å². The number of rotatable bonds is 9. The average molecular weight is 541 g/mol. The Balaban J connectivity index is 1.57. The van der Waals surface area contributed by atoms with Gasteiger partial charge in [-0.2, -0.15) is 18.3 Å². The van der Waals surface area contributed by atoms with Crippen molar-refractivity contribution in [2.75, 3.05) is 32.1 Å². The fourth-order valence-corrected chi connectivity index (χ4v) is 3.79. The molecule has 0 bridgehead atoms. The molecule has 39 heavy (non-hydrogen) atoms. The van der Waals surface area contributed by atoms with Gasteiger partial charge in [0.1, 0.15) is 18.2 Å². The van der Waals surface area contributed by atoms with Crippen molar-refractivity contribution in [3.63, 3.8) is 0 Å². The van der Waals surface area contributed by atoms with Crippen LogP contribution in [0.4, 0.5) is 23.4 Å². The summed E-state index contributed by atoms with van der Waals surface area (Å²) in [7, 11) is 1.42. The Labute approximate surface area is 221 Å². The smallest absolute Gasteiger partial charge is 0.383 e. The Bertz CT molecular complexity index is 1420. The Hall–Kier alpha value is -4.51. The fraction of sp³-hybridized carbons (Fsp3) is 0.179. The molecule has 1 aromatic heterocycles. The lowest BCUT2D eigenvalue weighted by molar-refractivity contribution is -0.137. The van der Waals surface area contributed by atoms with Crippen molar-refractivity contribution < 1.29 is 31.9 Å². The zero-order valence-electron chi connectivity index (χ0n) is 20.8. The van der Waals surface area contributed by atoms with E-state index in [2.05, 4.69) is 10.4 Å². The fourth-order valence-electron chi connectivity index (χ4n) is 3.79. The summed E-state index contributed by atoms with van der Waals surface area (Å²) in [5, 5.41) is 7.30. The quantitative estimate of drug-likeness (QED) is 0.288. The number of methoxy groups -OCH3 is 1. The molecule has 4 aromatic rings. The summed E-state index contributed by atoms with van der Waals surface area (Å²) in [6.07, 6.45) is -4.54. The van der Waals surface area contributed by atoms with E-state index in [9.17, 15) is 27.2 Å². The Morgan fingerprint density at radius 3 is 2.26 bits per heavy atom. The predicted octanol–water partition coefficient (Wildman–Crippen LogP) is 5.42. The van der Waals surface area contributed by atoms with Crippen LogP contribution < -0.4 is 5.32 Å². The summed E-state index contributed by atoms with van der Waals surface area (Å²) in [5.41, 5.74) is 0.935. The van der Waals surface area contributed by atoms with Gasteiger partial charge in [-0.3, -0.25) is 9.59 Å². The minimum absolute atomic E-state index is 0.00498. The number of nitrogens with one attached hydrogen (secondary N) is 1. The van der Waals surface area contributed by atoms with Crippen LogP contribution in [0.5, 0.6) is 0 Å². The van der Waals surface area contributed by atoms with E-state index in [-0.39, 0.29) is 24.5 Å². The van der Waals surface area contributed by atoms with E-state index in [1.165, 1.54) is 41.0 Å². The second-order valence-electron chi connectivity index (χ2n) is 8.51. The van der Waals surface area contributed by atoms with Gasteiger partial charge in [-0.1, -0.05) is 30.3 Å². The lowest BCUT2D eigenvalue weighted by Crippen LogP contribution is -2.40. The number of benzene rings is 3. The molecule has 4 rings (SSSR count). The van der Waals surface area contributed by atoms with Gasteiger partial charge in [-0.25, -0.2) is 9.07 Å². The molecule has 0 aliphatic carbocycles. The molecule has 0 radical (unpaired) electrons. The van der Waals surface area contributed by atoms with E-state index in [0.29, 0.717) is 11.4 Å². The number of anilines is 1. The van der Waals surface area contributed by atoms with E-state index < -0.39 is 35.9 Å².